The first-order chi connectivity index (χ1) is 19.7. The molecule has 0 unspecified atom stereocenters. The Morgan fingerprint density at radius 2 is 1.78 bits per heavy atom. The SMILES string of the molecule is CNC(=O)c1nc(C)c(C(=O)NC[C@@H](C)C(=O)N[C@@]2(Cc3ccccc3)C(=O)N3CCCN3Cc3ccccc32)s1. The van der Waals surface area contributed by atoms with E-state index in [9.17, 15) is 19.2 Å². The lowest BCUT2D eigenvalue weighted by atomic mass is 9.80. The molecule has 1 aromatic heterocycles. The summed E-state index contributed by atoms with van der Waals surface area (Å²) in [5.41, 5.74) is 1.84. The zero-order chi connectivity index (χ0) is 29.1. The van der Waals surface area contributed by atoms with Crippen molar-refractivity contribution in [3.63, 3.8) is 0 Å². The second-order valence-corrected chi connectivity index (χ2v) is 11.5. The second-order valence-electron chi connectivity index (χ2n) is 10.5. The molecule has 2 aliphatic rings. The molecule has 0 saturated carbocycles. The van der Waals surface area contributed by atoms with E-state index < -0.39 is 17.4 Å². The van der Waals surface area contributed by atoms with Gasteiger partial charge in [0, 0.05) is 39.6 Å². The van der Waals surface area contributed by atoms with Crippen LogP contribution in [0, 0.1) is 12.8 Å². The molecule has 41 heavy (non-hydrogen) atoms. The average Bonchev–Trinajstić information content (AvgIpc) is 3.59. The molecular formula is C30H34N6O4S. The number of aromatic nitrogens is 1. The Labute approximate surface area is 243 Å². The number of benzene rings is 2. The molecule has 2 atom stereocenters. The summed E-state index contributed by atoms with van der Waals surface area (Å²) in [6.45, 7) is 5.39. The van der Waals surface area contributed by atoms with Crippen LogP contribution in [0.5, 0.6) is 0 Å². The predicted octanol–water partition coefficient (Wildman–Crippen LogP) is 2.39. The number of hydrogen-bond donors (Lipinski definition) is 3. The van der Waals surface area contributed by atoms with Gasteiger partial charge in [-0.3, -0.25) is 24.2 Å². The van der Waals surface area contributed by atoms with Gasteiger partial charge < -0.3 is 16.0 Å². The monoisotopic (exact) mass is 574 g/mol. The third kappa shape index (κ3) is 5.59. The van der Waals surface area contributed by atoms with E-state index in [-0.39, 0.29) is 29.3 Å². The number of thiazole rings is 1. The summed E-state index contributed by atoms with van der Waals surface area (Å²) < 4.78 is 0. The lowest BCUT2D eigenvalue weighted by Gasteiger charge is -2.38. The van der Waals surface area contributed by atoms with Crippen molar-refractivity contribution < 1.29 is 19.2 Å². The van der Waals surface area contributed by atoms with Crippen LogP contribution in [0.2, 0.25) is 0 Å². The lowest BCUT2D eigenvalue weighted by Crippen LogP contribution is -2.60. The number of carbonyl (C=O) groups is 4. The van der Waals surface area contributed by atoms with E-state index >= 15 is 0 Å². The van der Waals surface area contributed by atoms with E-state index in [1.807, 2.05) is 54.6 Å². The van der Waals surface area contributed by atoms with Gasteiger partial charge in [0.15, 0.2) is 10.5 Å². The average molecular weight is 575 g/mol. The molecule has 1 fully saturated rings. The number of nitrogens with zero attached hydrogens (tertiary/aromatic N) is 3. The summed E-state index contributed by atoms with van der Waals surface area (Å²) in [5, 5.41) is 12.5. The van der Waals surface area contributed by atoms with Crippen molar-refractivity contribution in [2.24, 2.45) is 5.92 Å². The van der Waals surface area contributed by atoms with Crippen LogP contribution in [0.25, 0.3) is 0 Å². The molecule has 3 heterocycles. The molecule has 10 nitrogen and oxygen atoms in total. The molecule has 0 bridgehead atoms. The third-order valence-electron chi connectivity index (χ3n) is 7.65. The fourth-order valence-electron chi connectivity index (χ4n) is 5.47. The minimum atomic E-state index is -1.32. The van der Waals surface area contributed by atoms with Crippen molar-refractivity contribution in [2.45, 2.75) is 38.8 Å². The van der Waals surface area contributed by atoms with Crippen LogP contribution in [0.15, 0.2) is 54.6 Å². The normalized spacial score (nSPS) is 19.1. The summed E-state index contributed by atoms with van der Waals surface area (Å²) in [7, 11) is 1.50. The highest BCUT2D eigenvalue weighted by Crippen LogP contribution is 2.37. The van der Waals surface area contributed by atoms with Crippen molar-refractivity contribution in [3.05, 3.63) is 86.9 Å². The Balaban J connectivity index is 1.41. The zero-order valence-corrected chi connectivity index (χ0v) is 24.2. The zero-order valence-electron chi connectivity index (χ0n) is 23.4. The highest BCUT2D eigenvalue weighted by molar-refractivity contribution is 7.15. The van der Waals surface area contributed by atoms with Crippen LogP contribution < -0.4 is 16.0 Å². The van der Waals surface area contributed by atoms with Crippen LogP contribution >= 0.6 is 11.3 Å². The topological polar surface area (TPSA) is 124 Å². The molecule has 0 spiro atoms. The first kappa shape index (κ1) is 28.4. The van der Waals surface area contributed by atoms with Gasteiger partial charge in [-0.1, -0.05) is 61.5 Å². The smallest absolute Gasteiger partial charge is 0.280 e. The quantitative estimate of drug-likeness (QED) is 0.380. The van der Waals surface area contributed by atoms with Crippen molar-refractivity contribution in [3.8, 4) is 0 Å². The maximum absolute atomic E-state index is 14.4. The molecular weight excluding hydrogens is 540 g/mol. The van der Waals surface area contributed by atoms with Crippen LogP contribution in [-0.2, 0) is 28.1 Å². The molecule has 0 radical (unpaired) electrons. The molecule has 4 amide bonds. The fourth-order valence-corrected chi connectivity index (χ4v) is 6.40. The minimum absolute atomic E-state index is 0.0460. The first-order valence-electron chi connectivity index (χ1n) is 13.7. The summed E-state index contributed by atoms with van der Waals surface area (Å²) in [5.74, 6) is -1.91. The van der Waals surface area contributed by atoms with Gasteiger partial charge in [0.1, 0.15) is 4.88 Å². The number of hydrogen-bond acceptors (Lipinski definition) is 7. The summed E-state index contributed by atoms with van der Waals surface area (Å²) in [4.78, 5) is 57.6. The first-order valence-corrected chi connectivity index (χ1v) is 14.5. The van der Waals surface area contributed by atoms with Gasteiger partial charge >= 0.3 is 0 Å². The summed E-state index contributed by atoms with van der Waals surface area (Å²) in [6.07, 6.45) is 1.16. The van der Waals surface area contributed by atoms with Crippen molar-refractivity contribution in [1.29, 1.82) is 0 Å². The van der Waals surface area contributed by atoms with E-state index in [1.54, 1.807) is 18.9 Å². The fraction of sp³-hybridized carbons (Fsp3) is 0.367. The predicted molar refractivity (Wildman–Crippen MR) is 155 cm³/mol. The summed E-state index contributed by atoms with van der Waals surface area (Å²) in [6, 6.07) is 17.5. The Bertz CT molecular complexity index is 1470. The van der Waals surface area contributed by atoms with Crippen LogP contribution in [0.1, 0.15) is 55.2 Å². The highest BCUT2D eigenvalue weighted by atomic mass is 32.1. The van der Waals surface area contributed by atoms with Gasteiger partial charge in [0.25, 0.3) is 17.7 Å². The van der Waals surface area contributed by atoms with E-state index in [0.29, 0.717) is 30.1 Å². The molecule has 2 aromatic carbocycles. The number of nitrogens with one attached hydrogen (secondary N) is 3. The molecule has 214 valence electrons. The van der Waals surface area contributed by atoms with Crippen LogP contribution in [0.4, 0.5) is 0 Å². The van der Waals surface area contributed by atoms with E-state index in [1.165, 1.54) is 7.05 Å². The number of rotatable bonds is 8. The Hall–Kier alpha value is -4.09. The standard InChI is InChI=1S/C30H34N6O4S/c1-19(17-32-26(38)24-20(2)33-28(41-24)27(39)31-3)25(37)34-30(16-21-10-5-4-6-11-21)23-13-8-7-12-22(23)18-35-14-9-15-36(35)29(30)40/h4-8,10-13,19H,9,14-18H2,1-3H3,(H,31,39)(H,32,38)(H,34,37)/t19-,30-/m1/s1. The van der Waals surface area contributed by atoms with E-state index in [2.05, 4.69) is 25.9 Å². The van der Waals surface area contributed by atoms with Crippen molar-refractivity contribution in [1.82, 2.24) is 31.0 Å². The van der Waals surface area contributed by atoms with Crippen LogP contribution in [-0.4, -0.2) is 65.3 Å². The Morgan fingerprint density at radius 1 is 1.05 bits per heavy atom. The van der Waals surface area contributed by atoms with E-state index in [4.69, 9.17) is 0 Å². The van der Waals surface area contributed by atoms with Gasteiger partial charge in [-0.05, 0) is 30.0 Å². The number of aryl methyl sites for hydroxylation is 1. The molecule has 2 aliphatic heterocycles. The molecule has 0 aliphatic carbocycles. The van der Waals surface area contributed by atoms with Gasteiger partial charge in [-0.25, -0.2) is 9.99 Å². The number of hydrazine groups is 1. The number of fused-ring (bicyclic) bond motifs is 2. The molecule has 1 saturated heterocycles. The Morgan fingerprint density at radius 3 is 2.54 bits per heavy atom. The second kappa shape index (κ2) is 11.8. The molecule has 5 rings (SSSR count). The van der Waals surface area contributed by atoms with E-state index in [0.717, 1.165) is 41.0 Å². The molecule has 3 N–H and O–H groups in total. The van der Waals surface area contributed by atoms with Crippen molar-refractivity contribution >= 4 is 35.0 Å². The lowest BCUT2D eigenvalue weighted by molar-refractivity contribution is -0.153. The van der Waals surface area contributed by atoms with Crippen LogP contribution in [0.3, 0.4) is 0 Å². The number of amides is 4. The minimum Gasteiger partial charge on any atom is -0.353 e. The van der Waals surface area contributed by atoms with Gasteiger partial charge in [-0.2, -0.15) is 0 Å². The largest absolute Gasteiger partial charge is 0.353 e. The maximum atomic E-state index is 14.4. The third-order valence-corrected chi connectivity index (χ3v) is 8.80. The summed E-state index contributed by atoms with van der Waals surface area (Å²) >= 11 is 1.00. The molecule has 3 aromatic rings. The van der Waals surface area contributed by atoms with Crippen molar-refractivity contribution in [2.75, 3.05) is 26.7 Å². The van der Waals surface area contributed by atoms with Gasteiger partial charge in [0.05, 0.1) is 11.6 Å². The maximum Gasteiger partial charge on any atom is 0.280 e. The van der Waals surface area contributed by atoms with Gasteiger partial charge in [0.2, 0.25) is 5.91 Å². The highest BCUT2D eigenvalue weighted by Gasteiger charge is 2.50. The Kier molecular flexibility index (Phi) is 8.18. The van der Waals surface area contributed by atoms with Gasteiger partial charge in [-0.15, -0.1) is 11.3 Å². The molecule has 11 heteroatoms. The number of carbonyl (C=O) groups excluding carboxylic acids is 4.